The number of hydrogen-bond acceptors (Lipinski definition) is 4. The number of aromatic nitrogens is 1. The molecule has 0 aliphatic carbocycles. The van der Waals surface area contributed by atoms with Gasteiger partial charge in [-0.1, -0.05) is 0 Å². The largest absolute Gasteiger partial charge is 0.270 e. The normalized spacial score (nSPS) is 10.6. The average Bonchev–Trinajstić information content (AvgIpc) is 2.35. The number of alkyl halides is 1. The molecule has 1 heterocycles. The fourth-order valence-electron chi connectivity index (χ4n) is 1.43. The highest BCUT2D eigenvalue weighted by Gasteiger charge is 2.07. The topological polar surface area (TPSA) is 56.0 Å². The average molecular weight is 269 g/mol. The molecule has 4 nitrogen and oxygen atoms in total. The summed E-state index contributed by atoms with van der Waals surface area (Å²) in [6.45, 7) is 0. The van der Waals surface area contributed by atoms with E-state index in [9.17, 15) is 10.1 Å². The Balaban J connectivity index is 2.36. The molecule has 1 aromatic heterocycles. The molecule has 0 amide bonds. The minimum atomic E-state index is -0.407. The summed E-state index contributed by atoms with van der Waals surface area (Å²) in [5, 5.41) is 12.3. The number of fused-ring (bicyclic) bond motifs is 1. The monoisotopic (exact) mass is 268 g/mol. The summed E-state index contributed by atoms with van der Waals surface area (Å²) < 4.78 is 0. The molecule has 0 fully saturated rings. The molecule has 17 heavy (non-hydrogen) atoms. The first-order valence-electron chi connectivity index (χ1n) is 4.94. The predicted octanol–water partition coefficient (Wildman–Crippen LogP) is 3.47. The highest BCUT2D eigenvalue weighted by molar-refractivity contribution is 7.99. The Labute approximate surface area is 107 Å². The number of nitro groups is 1. The molecule has 0 aliphatic heterocycles. The number of non-ortho nitro benzene ring substituents is 1. The van der Waals surface area contributed by atoms with Crippen molar-refractivity contribution >= 4 is 40.0 Å². The van der Waals surface area contributed by atoms with Gasteiger partial charge in [-0.25, -0.2) is 4.98 Å². The number of halogens is 1. The lowest BCUT2D eigenvalue weighted by Gasteiger charge is -2.01. The molecule has 88 valence electrons. The molecule has 0 spiro atoms. The Morgan fingerprint density at radius 1 is 1.35 bits per heavy atom. The summed E-state index contributed by atoms with van der Waals surface area (Å²) in [5.41, 5.74) is 0.843. The van der Waals surface area contributed by atoms with Crippen LogP contribution in [0, 0.1) is 10.1 Å². The molecule has 0 unspecified atom stereocenters. The van der Waals surface area contributed by atoms with E-state index in [2.05, 4.69) is 4.98 Å². The van der Waals surface area contributed by atoms with Gasteiger partial charge in [-0.05, 0) is 18.2 Å². The third kappa shape index (κ3) is 2.87. The SMILES string of the molecule is O=[N+]([O-])c1ccc2nc(SCCCl)ccc2c1. The minimum absolute atomic E-state index is 0.0838. The van der Waals surface area contributed by atoms with Crippen molar-refractivity contribution in [3.05, 3.63) is 40.4 Å². The predicted molar refractivity (Wildman–Crippen MR) is 69.8 cm³/mol. The molecule has 2 aromatic rings. The molecule has 0 saturated carbocycles. The van der Waals surface area contributed by atoms with Crippen LogP contribution < -0.4 is 0 Å². The van der Waals surface area contributed by atoms with Crippen LogP contribution >= 0.6 is 23.4 Å². The number of nitro benzene ring substituents is 1. The first-order chi connectivity index (χ1) is 8.20. The lowest BCUT2D eigenvalue weighted by atomic mass is 10.2. The second-order valence-electron chi connectivity index (χ2n) is 3.32. The highest BCUT2D eigenvalue weighted by Crippen LogP contribution is 2.23. The molecule has 0 saturated heterocycles. The molecule has 6 heteroatoms. The smallest absolute Gasteiger partial charge is 0.258 e. The van der Waals surface area contributed by atoms with Gasteiger partial charge in [-0.2, -0.15) is 0 Å². The van der Waals surface area contributed by atoms with Gasteiger partial charge in [-0.3, -0.25) is 10.1 Å². The van der Waals surface area contributed by atoms with E-state index in [1.165, 1.54) is 12.1 Å². The number of rotatable bonds is 4. The summed E-state index contributed by atoms with van der Waals surface area (Å²) in [5.74, 6) is 1.37. The van der Waals surface area contributed by atoms with E-state index >= 15 is 0 Å². The minimum Gasteiger partial charge on any atom is -0.258 e. The molecule has 2 rings (SSSR count). The summed E-state index contributed by atoms with van der Waals surface area (Å²) in [6.07, 6.45) is 0. The van der Waals surface area contributed by atoms with Crippen LogP contribution in [0.3, 0.4) is 0 Å². The van der Waals surface area contributed by atoms with Crippen molar-refractivity contribution in [3.8, 4) is 0 Å². The zero-order valence-electron chi connectivity index (χ0n) is 8.80. The Kier molecular flexibility index (Phi) is 3.81. The van der Waals surface area contributed by atoms with Gasteiger partial charge in [0.2, 0.25) is 0 Å². The summed E-state index contributed by atoms with van der Waals surface area (Å²) in [6, 6.07) is 8.34. The van der Waals surface area contributed by atoms with Crippen molar-refractivity contribution in [1.82, 2.24) is 4.98 Å². The Morgan fingerprint density at radius 2 is 2.18 bits per heavy atom. The van der Waals surface area contributed by atoms with Crippen molar-refractivity contribution in [3.63, 3.8) is 0 Å². The van der Waals surface area contributed by atoms with Crippen LogP contribution in [0.5, 0.6) is 0 Å². The standard InChI is InChI=1S/C11H9ClN2O2S/c12-5-6-17-11-4-1-8-7-9(14(15)16)2-3-10(8)13-11/h1-4,7H,5-6H2. The van der Waals surface area contributed by atoms with Crippen molar-refractivity contribution < 1.29 is 4.92 Å². The van der Waals surface area contributed by atoms with Crippen LogP contribution in [0.4, 0.5) is 5.69 Å². The zero-order valence-corrected chi connectivity index (χ0v) is 10.4. The molecule has 0 bridgehead atoms. The van der Waals surface area contributed by atoms with Gasteiger partial charge >= 0.3 is 0 Å². The van der Waals surface area contributed by atoms with E-state index in [1.807, 2.05) is 12.1 Å². The van der Waals surface area contributed by atoms with Crippen LogP contribution in [0.1, 0.15) is 0 Å². The van der Waals surface area contributed by atoms with Crippen LogP contribution in [-0.2, 0) is 0 Å². The Morgan fingerprint density at radius 3 is 2.88 bits per heavy atom. The molecule has 0 aliphatic rings. The number of pyridine rings is 1. The fraction of sp³-hybridized carbons (Fsp3) is 0.182. The maximum absolute atomic E-state index is 10.6. The zero-order chi connectivity index (χ0) is 12.3. The van der Waals surface area contributed by atoms with Crippen molar-refractivity contribution in [2.75, 3.05) is 11.6 Å². The van der Waals surface area contributed by atoms with Gasteiger partial charge in [0.15, 0.2) is 0 Å². The molecule has 1 aromatic carbocycles. The third-order valence-corrected chi connectivity index (χ3v) is 3.53. The van der Waals surface area contributed by atoms with Crippen LogP contribution in [0.2, 0.25) is 0 Å². The number of nitrogens with zero attached hydrogens (tertiary/aromatic N) is 2. The van der Waals surface area contributed by atoms with E-state index in [0.29, 0.717) is 5.88 Å². The first-order valence-corrected chi connectivity index (χ1v) is 6.46. The highest BCUT2D eigenvalue weighted by atomic mass is 35.5. The number of thioether (sulfide) groups is 1. The van der Waals surface area contributed by atoms with Crippen molar-refractivity contribution in [2.45, 2.75) is 5.03 Å². The second-order valence-corrected chi connectivity index (χ2v) is 4.81. The summed E-state index contributed by atoms with van der Waals surface area (Å²) >= 11 is 7.17. The van der Waals surface area contributed by atoms with E-state index in [1.54, 1.807) is 17.8 Å². The summed E-state index contributed by atoms with van der Waals surface area (Å²) in [7, 11) is 0. The second kappa shape index (κ2) is 5.33. The maximum Gasteiger partial charge on any atom is 0.270 e. The Bertz CT molecular complexity index is 562. The van der Waals surface area contributed by atoms with Gasteiger partial charge in [-0.15, -0.1) is 23.4 Å². The van der Waals surface area contributed by atoms with Crippen molar-refractivity contribution in [1.29, 1.82) is 0 Å². The van der Waals surface area contributed by atoms with Gasteiger partial charge in [0, 0.05) is 29.2 Å². The lowest BCUT2D eigenvalue weighted by Crippen LogP contribution is -1.89. The molecule has 0 radical (unpaired) electrons. The van der Waals surface area contributed by atoms with E-state index in [4.69, 9.17) is 11.6 Å². The fourth-order valence-corrected chi connectivity index (χ4v) is 2.28. The van der Waals surface area contributed by atoms with Gasteiger partial charge < -0.3 is 0 Å². The van der Waals surface area contributed by atoms with Crippen LogP contribution in [-0.4, -0.2) is 21.5 Å². The number of benzene rings is 1. The first kappa shape index (κ1) is 12.1. The van der Waals surface area contributed by atoms with E-state index < -0.39 is 4.92 Å². The van der Waals surface area contributed by atoms with Crippen molar-refractivity contribution in [2.24, 2.45) is 0 Å². The molecular formula is C11H9ClN2O2S. The van der Waals surface area contributed by atoms with Gasteiger partial charge in [0.1, 0.15) is 0 Å². The molecular weight excluding hydrogens is 260 g/mol. The summed E-state index contributed by atoms with van der Waals surface area (Å²) in [4.78, 5) is 14.6. The maximum atomic E-state index is 10.6. The van der Waals surface area contributed by atoms with E-state index in [-0.39, 0.29) is 5.69 Å². The molecule has 0 N–H and O–H groups in total. The lowest BCUT2D eigenvalue weighted by molar-refractivity contribution is -0.384. The number of hydrogen-bond donors (Lipinski definition) is 0. The molecule has 0 atom stereocenters. The van der Waals surface area contributed by atoms with Crippen LogP contribution in [0.15, 0.2) is 35.4 Å². The quantitative estimate of drug-likeness (QED) is 0.369. The van der Waals surface area contributed by atoms with Gasteiger partial charge in [0.05, 0.1) is 15.5 Å². The van der Waals surface area contributed by atoms with Crippen LogP contribution in [0.25, 0.3) is 10.9 Å². The third-order valence-electron chi connectivity index (χ3n) is 2.19. The van der Waals surface area contributed by atoms with Gasteiger partial charge in [0.25, 0.3) is 5.69 Å². The van der Waals surface area contributed by atoms with E-state index in [0.717, 1.165) is 21.7 Å². The Hall–Kier alpha value is -1.33.